The maximum Gasteiger partial charge on any atom is 0.263 e. The van der Waals surface area contributed by atoms with Crippen LogP contribution in [0.1, 0.15) is 12.5 Å². The zero-order valence-electron chi connectivity index (χ0n) is 11.6. The number of nitrogens with zero attached hydrogens (tertiary/aromatic N) is 1. The molecule has 0 aliphatic heterocycles. The molecule has 0 fully saturated rings. The fourth-order valence-electron chi connectivity index (χ4n) is 1.70. The van der Waals surface area contributed by atoms with Crippen molar-refractivity contribution in [2.24, 2.45) is 0 Å². The molecule has 6 nitrogen and oxygen atoms in total. The Hall–Kier alpha value is -2.41. The number of rotatable bonds is 4. The molecule has 0 unspecified atom stereocenters. The second-order valence-electron chi connectivity index (χ2n) is 4.48. The minimum Gasteiger partial charge on any atom is -0.326 e. The number of anilines is 2. The van der Waals surface area contributed by atoms with Gasteiger partial charge in [-0.1, -0.05) is 6.07 Å². The van der Waals surface area contributed by atoms with Gasteiger partial charge in [-0.2, -0.15) is 0 Å². The molecule has 1 heterocycles. The molecule has 0 spiro atoms. The molecule has 21 heavy (non-hydrogen) atoms. The highest BCUT2D eigenvalue weighted by Crippen LogP contribution is 2.18. The molecular formula is C14H15N3O3S. The van der Waals surface area contributed by atoms with Gasteiger partial charge in [0.1, 0.15) is 5.82 Å². The lowest BCUT2D eigenvalue weighted by molar-refractivity contribution is -0.114. The van der Waals surface area contributed by atoms with Crippen LogP contribution in [0.4, 0.5) is 11.5 Å². The third-order valence-corrected chi connectivity index (χ3v) is 4.08. The van der Waals surface area contributed by atoms with Crippen molar-refractivity contribution in [3.8, 4) is 0 Å². The number of aryl methyl sites for hydroxylation is 1. The zero-order valence-corrected chi connectivity index (χ0v) is 12.4. The van der Waals surface area contributed by atoms with Crippen LogP contribution < -0.4 is 10.0 Å². The number of hydrogen-bond donors (Lipinski definition) is 2. The third-order valence-electron chi connectivity index (χ3n) is 2.73. The Morgan fingerprint density at radius 3 is 2.38 bits per heavy atom. The van der Waals surface area contributed by atoms with Crippen molar-refractivity contribution >= 4 is 27.4 Å². The molecular weight excluding hydrogens is 290 g/mol. The number of pyridine rings is 1. The third kappa shape index (κ3) is 3.79. The largest absolute Gasteiger partial charge is 0.326 e. The lowest BCUT2D eigenvalue weighted by Gasteiger charge is -2.10. The number of benzene rings is 1. The van der Waals surface area contributed by atoms with Crippen LogP contribution in [-0.4, -0.2) is 19.3 Å². The van der Waals surface area contributed by atoms with Crippen LogP contribution in [0.5, 0.6) is 0 Å². The van der Waals surface area contributed by atoms with E-state index in [2.05, 4.69) is 15.0 Å². The fourth-order valence-corrected chi connectivity index (χ4v) is 2.78. The van der Waals surface area contributed by atoms with Crippen LogP contribution in [0.2, 0.25) is 0 Å². The van der Waals surface area contributed by atoms with Crippen LogP contribution in [-0.2, 0) is 14.8 Å². The number of carbonyl (C=O) groups excluding carboxylic acids is 1. The number of hydrogen-bond acceptors (Lipinski definition) is 4. The number of aromatic nitrogens is 1. The maximum atomic E-state index is 12.2. The summed E-state index contributed by atoms with van der Waals surface area (Å²) in [6.07, 6.45) is 1.52. The molecule has 0 saturated carbocycles. The van der Waals surface area contributed by atoms with Gasteiger partial charge in [-0.3, -0.25) is 9.52 Å². The summed E-state index contributed by atoms with van der Waals surface area (Å²) in [6.45, 7) is 3.15. The molecule has 0 saturated heterocycles. The molecule has 1 amide bonds. The van der Waals surface area contributed by atoms with E-state index in [4.69, 9.17) is 0 Å². The standard InChI is InChI=1S/C14H15N3O3S/c1-10-4-3-9-15-14(10)17-21(19,20)13-7-5-12(6-8-13)16-11(2)18/h3-9H,1-2H3,(H,15,17)(H,16,18). The van der Waals surface area contributed by atoms with E-state index in [9.17, 15) is 13.2 Å². The number of sulfonamides is 1. The smallest absolute Gasteiger partial charge is 0.263 e. The molecule has 1 aromatic heterocycles. The lowest BCUT2D eigenvalue weighted by atomic mass is 10.3. The minimum absolute atomic E-state index is 0.0988. The van der Waals surface area contributed by atoms with Crippen molar-refractivity contribution in [3.05, 3.63) is 48.2 Å². The summed E-state index contributed by atoms with van der Waals surface area (Å²) >= 11 is 0. The summed E-state index contributed by atoms with van der Waals surface area (Å²) in [6, 6.07) is 9.40. The number of nitrogens with one attached hydrogen (secondary N) is 2. The van der Waals surface area contributed by atoms with Gasteiger partial charge in [0, 0.05) is 18.8 Å². The van der Waals surface area contributed by atoms with Crippen LogP contribution in [0.25, 0.3) is 0 Å². The first-order chi connectivity index (χ1) is 9.88. The van der Waals surface area contributed by atoms with Crippen molar-refractivity contribution < 1.29 is 13.2 Å². The molecule has 110 valence electrons. The fraction of sp³-hybridized carbons (Fsp3) is 0.143. The Labute approximate surface area is 123 Å². The van der Waals surface area contributed by atoms with E-state index in [-0.39, 0.29) is 10.8 Å². The summed E-state index contributed by atoms with van der Waals surface area (Å²) in [5, 5.41) is 2.58. The molecule has 0 bridgehead atoms. The molecule has 2 rings (SSSR count). The van der Waals surface area contributed by atoms with E-state index < -0.39 is 10.0 Å². The summed E-state index contributed by atoms with van der Waals surface area (Å²) in [7, 11) is -3.71. The molecule has 2 N–H and O–H groups in total. The van der Waals surface area contributed by atoms with E-state index in [1.807, 2.05) is 0 Å². The quantitative estimate of drug-likeness (QED) is 0.906. The van der Waals surface area contributed by atoms with Crippen molar-refractivity contribution in [3.63, 3.8) is 0 Å². The van der Waals surface area contributed by atoms with Crippen LogP contribution >= 0.6 is 0 Å². The van der Waals surface area contributed by atoms with Crippen molar-refractivity contribution in [2.75, 3.05) is 10.0 Å². The Morgan fingerprint density at radius 2 is 1.81 bits per heavy atom. The van der Waals surface area contributed by atoms with Crippen molar-refractivity contribution in [1.82, 2.24) is 4.98 Å². The average molecular weight is 305 g/mol. The summed E-state index contributed by atoms with van der Waals surface area (Å²) in [4.78, 5) is 15.0. The molecule has 1 aromatic carbocycles. The van der Waals surface area contributed by atoms with E-state index >= 15 is 0 Å². The van der Waals surface area contributed by atoms with Crippen molar-refractivity contribution in [1.29, 1.82) is 0 Å². The van der Waals surface area contributed by atoms with Gasteiger partial charge in [0.15, 0.2) is 0 Å². The molecule has 7 heteroatoms. The monoisotopic (exact) mass is 305 g/mol. The van der Waals surface area contributed by atoms with Gasteiger partial charge in [-0.15, -0.1) is 0 Å². The van der Waals surface area contributed by atoms with Gasteiger partial charge in [-0.25, -0.2) is 13.4 Å². The second-order valence-corrected chi connectivity index (χ2v) is 6.16. The first-order valence-corrected chi connectivity index (χ1v) is 7.69. The lowest BCUT2D eigenvalue weighted by Crippen LogP contribution is -2.15. The van der Waals surface area contributed by atoms with Gasteiger partial charge < -0.3 is 5.32 Å². The highest BCUT2D eigenvalue weighted by atomic mass is 32.2. The first-order valence-electron chi connectivity index (χ1n) is 6.20. The summed E-state index contributed by atoms with van der Waals surface area (Å²) < 4.78 is 26.9. The van der Waals surface area contributed by atoms with E-state index in [0.717, 1.165) is 5.56 Å². The van der Waals surface area contributed by atoms with Crippen molar-refractivity contribution in [2.45, 2.75) is 18.7 Å². The maximum absolute atomic E-state index is 12.2. The molecule has 0 atom stereocenters. The normalized spacial score (nSPS) is 11.0. The zero-order chi connectivity index (χ0) is 15.5. The molecule has 0 radical (unpaired) electrons. The highest BCUT2D eigenvalue weighted by Gasteiger charge is 2.15. The van der Waals surface area contributed by atoms with Gasteiger partial charge in [-0.05, 0) is 42.8 Å². The molecule has 2 aromatic rings. The van der Waals surface area contributed by atoms with Gasteiger partial charge in [0.25, 0.3) is 10.0 Å². The summed E-state index contributed by atoms with van der Waals surface area (Å²) in [5.74, 6) is 0.0799. The van der Waals surface area contributed by atoms with E-state index in [1.54, 1.807) is 19.1 Å². The Bertz CT molecular complexity index is 755. The van der Waals surface area contributed by atoms with Crippen LogP contribution in [0.15, 0.2) is 47.5 Å². The topological polar surface area (TPSA) is 88.2 Å². The molecule has 0 aliphatic rings. The SMILES string of the molecule is CC(=O)Nc1ccc(S(=O)(=O)Nc2ncccc2C)cc1. The van der Waals surface area contributed by atoms with Crippen LogP contribution in [0, 0.1) is 6.92 Å². The van der Waals surface area contributed by atoms with Gasteiger partial charge >= 0.3 is 0 Å². The summed E-state index contributed by atoms with van der Waals surface area (Å²) in [5.41, 5.74) is 1.27. The highest BCUT2D eigenvalue weighted by molar-refractivity contribution is 7.92. The predicted octanol–water partition coefficient (Wildman–Crippen LogP) is 2.15. The number of amides is 1. The van der Waals surface area contributed by atoms with E-state index in [0.29, 0.717) is 11.5 Å². The first kappa shape index (κ1) is 15.0. The number of carbonyl (C=O) groups is 1. The van der Waals surface area contributed by atoms with E-state index in [1.165, 1.54) is 37.4 Å². The average Bonchev–Trinajstić information content (AvgIpc) is 2.41. The van der Waals surface area contributed by atoms with Gasteiger partial charge in [0.2, 0.25) is 5.91 Å². The van der Waals surface area contributed by atoms with Crippen LogP contribution in [0.3, 0.4) is 0 Å². The van der Waals surface area contributed by atoms with Gasteiger partial charge in [0.05, 0.1) is 4.90 Å². The minimum atomic E-state index is -3.71. The Kier molecular flexibility index (Phi) is 4.23. The second kappa shape index (κ2) is 5.92. The Balaban J connectivity index is 2.24. The molecule has 0 aliphatic carbocycles. The Morgan fingerprint density at radius 1 is 1.14 bits per heavy atom. The predicted molar refractivity (Wildman–Crippen MR) is 80.5 cm³/mol.